The Labute approximate surface area is 100 Å². The van der Waals surface area contributed by atoms with Crippen LogP contribution < -0.4 is 0 Å². The zero-order valence-corrected chi connectivity index (χ0v) is 10.1. The van der Waals surface area contributed by atoms with Gasteiger partial charge in [0.1, 0.15) is 18.4 Å². The molecular formula is C12H17FO4. The Hall–Kier alpha value is -1.65. The van der Waals surface area contributed by atoms with Crippen molar-refractivity contribution in [2.24, 2.45) is 0 Å². The minimum atomic E-state index is -1.54. The summed E-state index contributed by atoms with van der Waals surface area (Å²) in [7, 11) is 0. The molecule has 1 unspecified atom stereocenters. The highest BCUT2D eigenvalue weighted by atomic mass is 19.1. The minimum Gasteiger partial charge on any atom is -0.459 e. The second kappa shape index (κ2) is 6.83. The van der Waals surface area contributed by atoms with Crippen molar-refractivity contribution in [3.05, 3.63) is 25.3 Å². The Kier molecular flexibility index (Phi) is 6.17. The van der Waals surface area contributed by atoms with E-state index in [-0.39, 0.29) is 13.0 Å². The molecule has 0 amide bonds. The molecule has 5 heteroatoms. The van der Waals surface area contributed by atoms with Gasteiger partial charge >= 0.3 is 11.9 Å². The highest BCUT2D eigenvalue weighted by Gasteiger charge is 2.25. The normalized spacial score (nSPS) is 12.4. The monoisotopic (exact) mass is 244 g/mol. The highest BCUT2D eigenvalue weighted by Crippen LogP contribution is 2.18. The van der Waals surface area contributed by atoms with Gasteiger partial charge in [-0.2, -0.15) is 0 Å². The minimum absolute atomic E-state index is 0.0724. The van der Waals surface area contributed by atoms with Crippen LogP contribution in [0.5, 0.6) is 0 Å². The van der Waals surface area contributed by atoms with Gasteiger partial charge in [0, 0.05) is 18.6 Å². The number of carbonyl (C=O) groups excluding carboxylic acids is 2. The van der Waals surface area contributed by atoms with E-state index in [1.807, 2.05) is 0 Å². The van der Waals surface area contributed by atoms with Crippen molar-refractivity contribution < 1.29 is 23.5 Å². The average Bonchev–Trinajstić information content (AvgIpc) is 2.23. The maximum absolute atomic E-state index is 13.4. The van der Waals surface area contributed by atoms with Gasteiger partial charge in [0.2, 0.25) is 0 Å². The molecule has 0 aromatic heterocycles. The van der Waals surface area contributed by atoms with Crippen LogP contribution in [-0.4, -0.2) is 30.3 Å². The molecule has 1 atom stereocenters. The van der Waals surface area contributed by atoms with Crippen LogP contribution in [0.1, 0.15) is 20.3 Å². The molecule has 0 spiro atoms. The van der Waals surface area contributed by atoms with Gasteiger partial charge in [-0.05, 0) is 13.8 Å². The average molecular weight is 244 g/mol. The summed E-state index contributed by atoms with van der Waals surface area (Å²) < 4.78 is 23.0. The van der Waals surface area contributed by atoms with Crippen LogP contribution in [0.2, 0.25) is 0 Å². The SMILES string of the molecule is C=CC(=O)OCC(CC(C)(C)F)OC(=O)C=C. The zero-order valence-electron chi connectivity index (χ0n) is 10.1. The topological polar surface area (TPSA) is 52.6 Å². The molecule has 0 saturated carbocycles. The number of hydrogen-bond acceptors (Lipinski definition) is 4. The molecule has 0 aliphatic heterocycles. The third-order valence-electron chi connectivity index (χ3n) is 1.74. The number of alkyl halides is 1. The van der Waals surface area contributed by atoms with Gasteiger partial charge in [-0.1, -0.05) is 13.2 Å². The summed E-state index contributed by atoms with van der Waals surface area (Å²) in [5, 5.41) is 0. The van der Waals surface area contributed by atoms with E-state index in [1.165, 1.54) is 13.8 Å². The van der Waals surface area contributed by atoms with E-state index in [0.717, 1.165) is 12.2 Å². The standard InChI is InChI=1S/C12H17FO4/c1-5-10(14)16-8-9(7-12(3,4)13)17-11(15)6-2/h5-6,9H,1-2,7-8H2,3-4H3. The number of rotatable bonds is 7. The van der Waals surface area contributed by atoms with E-state index < -0.39 is 23.7 Å². The summed E-state index contributed by atoms with van der Waals surface area (Å²) in [6.45, 7) is 8.93. The second-order valence-electron chi connectivity index (χ2n) is 4.02. The summed E-state index contributed by atoms with van der Waals surface area (Å²) in [5.41, 5.74) is -1.54. The van der Waals surface area contributed by atoms with E-state index in [2.05, 4.69) is 13.2 Å². The second-order valence-corrected chi connectivity index (χ2v) is 4.02. The predicted octanol–water partition coefficient (Wildman–Crippen LogP) is 1.95. The van der Waals surface area contributed by atoms with Gasteiger partial charge < -0.3 is 9.47 Å². The fourth-order valence-corrected chi connectivity index (χ4v) is 1.12. The van der Waals surface area contributed by atoms with Gasteiger partial charge in [-0.15, -0.1) is 0 Å². The Morgan fingerprint density at radius 3 is 2.24 bits per heavy atom. The summed E-state index contributed by atoms with van der Waals surface area (Å²) in [6.07, 6.45) is 1.03. The summed E-state index contributed by atoms with van der Waals surface area (Å²) in [4.78, 5) is 21.8. The smallest absolute Gasteiger partial charge is 0.330 e. The quantitative estimate of drug-likeness (QED) is 0.507. The number of hydrogen-bond donors (Lipinski definition) is 0. The fraction of sp³-hybridized carbons (Fsp3) is 0.500. The van der Waals surface area contributed by atoms with Crippen LogP contribution in [0, 0.1) is 0 Å². The number of esters is 2. The molecule has 0 radical (unpaired) electrons. The van der Waals surface area contributed by atoms with Crippen LogP contribution in [0.25, 0.3) is 0 Å². The van der Waals surface area contributed by atoms with Crippen molar-refractivity contribution in [1.82, 2.24) is 0 Å². The number of halogens is 1. The molecule has 17 heavy (non-hydrogen) atoms. The first-order chi connectivity index (χ1) is 7.78. The lowest BCUT2D eigenvalue weighted by Crippen LogP contribution is -2.30. The molecule has 0 aromatic carbocycles. The molecule has 0 aromatic rings. The van der Waals surface area contributed by atoms with Gasteiger partial charge in [-0.25, -0.2) is 14.0 Å². The van der Waals surface area contributed by atoms with Crippen LogP contribution in [-0.2, 0) is 19.1 Å². The van der Waals surface area contributed by atoms with E-state index >= 15 is 0 Å². The number of ether oxygens (including phenoxy) is 2. The molecule has 0 N–H and O–H groups in total. The van der Waals surface area contributed by atoms with E-state index in [0.29, 0.717) is 0 Å². The lowest BCUT2D eigenvalue weighted by Gasteiger charge is -2.22. The highest BCUT2D eigenvalue weighted by molar-refractivity contribution is 5.82. The van der Waals surface area contributed by atoms with Crippen molar-refractivity contribution >= 4 is 11.9 Å². The van der Waals surface area contributed by atoms with E-state index in [4.69, 9.17) is 9.47 Å². The van der Waals surface area contributed by atoms with E-state index in [1.54, 1.807) is 0 Å². The first-order valence-corrected chi connectivity index (χ1v) is 5.09. The Balaban J connectivity index is 4.39. The Morgan fingerprint density at radius 1 is 1.29 bits per heavy atom. The van der Waals surface area contributed by atoms with E-state index in [9.17, 15) is 14.0 Å². The maximum atomic E-state index is 13.4. The van der Waals surface area contributed by atoms with Crippen molar-refractivity contribution in [2.45, 2.75) is 32.0 Å². The summed E-state index contributed by atoms with van der Waals surface area (Å²) >= 11 is 0. The third kappa shape index (κ3) is 8.19. The maximum Gasteiger partial charge on any atom is 0.330 e. The predicted molar refractivity (Wildman–Crippen MR) is 61.0 cm³/mol. The van der Waals surface area contributed by atoms with Crippen LogP contribution >= 0.6 is 0 Å². The van der Waals surface area contributed by atoms with Gasteiger partial charge in [-0.3, -0.25) is 0 Å². The lowest BCUT2D eigenvalue weighted by atomic mass is 10.0. The molecule has 0 bridgehead atoms. The van der Waals surface area contributed by atoms with Crippen molar-refractivity contribution in [3.63, 3.8) is 0 Å². The molecule has 0 rings (SSSR count). The lowest BCUT2D eigenvalue weighted by molar-refractivity contribution is -0.154. The molecule has 96 valence electrons. The van der Waals surface area contributed by atoms with Gasteiger partial charge in [0.15, 0.2) is 0 Å². The molecule has 0 aliphatic rings. The van der Waals surface area contributed by atoms with Gasteiger partial charge in [0.05, 0.1) is 0 Å². The Morgan fingerprint density at radius 2 is 1.82 bits per heavy atom. The first kappa shape index (κ1) is 15.3. The third-order valence-corrected chi connectivity index (χ3v) is 1.74. The van der Waals surface area contributed by atoms with Crippen molar-refractivity contribution in [3.8, 4) is 0 Å². The molecule has 0 aliphatic carbocycles. The van der Waals surface area contributed by atoms with Crippen LogP contribution in [0.15, 0.2) is 25.3 Å². The zero-order chi connectivity index (χ0) is 13.5. The summed E-state index contributed by atoms with van der Waals surface area (Å²) in [6, 6.07) is 0. The molecule has 4 nitrogen and oxygen atoms in total. The number of carbonyl (C=O) groups is 2. The molecule has 0 heterocycles. The molecular weight excluding hydrogens is 227 g/mol. The van der Waals surface area contributed by atoms with Gasteiger partial charge in [0.25, 0.3) is 0 Å². The Bertz CT molecular complexity index is 304. The fourth-order valence-electron chi connectivity index (χ4n) is 1.12. The largest absolute Gasteiger partial charge is 0.459 e. The molecule has 0 saturated heterocycles. The van der Waals surface area contributed by atoms with Crippen LogP contribution in [0.3, 0.4) is 0 Å². The van der Waals surface area contributed by atoms with Crippen molar-refractivity contribution in [1.29, 1.82) is 0 Å². The van der Waals surface area contributed by atoms with Crippen molar-refractivity contribution in [2.75, 3.05) is 6.61 Å². The molecule has 0 fully saturated rings. The first-order valence-electron chi connectivity index (χ1n) is 5.09. The summed E-state index contributed by atoms with van der Waals surface area (Å²) in [5.74, 6) is -1.34. The van der Waals surface area contributed by atoms with Crippen LogP contribution in [0.4, 0.5) is 4.39 Å².